The number of para-hydroxylation sites is 1. The molecule has 86 valence electrons. The van der Waals surface area contributed by atoms with Crippen LogP contribution < -0.4 is 9.90 Å². The molecule has 0 spiro atoms. The van der Waals surface area contributed by atoms with Gasteiger partial charge in [0.2, 0.25) is 0 Å². The summed E-state index contributed by atoms with van der Waals surface area (Å²) in [6.07, 6.45) is 3.51. The average Bonchev–Trinajstić information content (AvgIpc) is 2.40. The van der Waals surface area contributed by atoms with Crippen molar-refractivity contribution in [3.63, 3.8) is 0 Å². The van der Waals surface area contributed by atoms with E-state index in [1.165, 1.54) is 0 Å². The van der Waals surface area contributed by atoms with E-state index in [1.54, 1.807) is 17.3 Å². The molecular weight excluding hydrogens is 212 g/mol. The van der Waals surface area contributed by atoms with Gasteiger partial charge in [0.05, 0.1) is 6.54 Å². The van der Waals surface area contributed by atoms with E-state index >= 15 is 0 Å². The second-order valence-electron chi connectivity index (χ2n) is 3.44. The molecule has 0 saturated heterocycles. The molecule has 0 aliphatic rings. The van der Waals surface area contributed by atoms with E-state index < -0.39 is 0 Å². The number of anilines is 1. The molecule has 0 aliphatic carbocycles. The number of hydrogen-bond donors (Lipinski definition) is 0. The molecule has 1 aromatic carbocycles. The minimum Gasteiger partial charge on any atom is -0.378 e. The first-order chi connectivity index (χ1) is 8.40. The highest BCUT2D eigenvalue weighted by Gasteiger charge is 2.07. The van der Waals surface area contributed by atoms with Gasteiger partial charge in [-0.25, -0.2) is 4.98 Å². The fraction of sp³-hybridized carbons (Fsp3) is 0.0714. The van der Waals surface area contributed by atoms with E-state index in [4.69, 9.17) is 4.84 Å². The average molecular weight is 226 g/mol. The van der Waals surface area contributed by atoms with Crippen molar-refractivity contribution in [2.45, 2.75) is 0 Å². The molecule has 17 heavy (non-hydrogen) atoms. The predicted octanol–water partition coefficient (Wildman–Crippen LogP) is 3.07. The number of hydrogen-bond acceptors (Lipinski definition) is 3. The first-order valence-electron chi connectivity index (χ1n) is 5.42. The fourth-order valence-corrected chi connectivity index (χ4v) is 1.40. The van der Waals surface area contributed by atoms with Gasteiger partial charge < -0.3 is 4.84 Å². The van der Waals surface area contributed by atoms with E-state index in [9.17, 15) is 0 Å². The molecule has 0 amide bonds. The van der Waals surface area contributed by atoms with Crippen LogP contribution in [0.25, 0.3) is 0 Å². The summed E-state index contributed by atoms with van der Waals surface area (Å²) in [5.74, 6) is 1.54. The summed E-state index contributed by atoms with van der Waals surface area (Å²) in [7, 11) is 0. The lowest BCUT2D eigenvalue weighted by Crippen LogP contribution is -2.28. The number of rotatable bonds is 5. The highest BCUT2D eigenvalue weighted by molar-refractivity contribution is 5.37. The Morgan fingerprint density at radius 3 is 2.53 bits per heavy atom. The second kappa shape index (κ2) is 5.70. The monoisotopic (exact) mass is 226 g/mol. The van der Waals surface area contributed by atoms with E-state index in [1.807, 2.05) is 48.5 Å². The summed E-state index contributed by atoms with van der Waals surface area (Å²) in [5.41, 5.74) is 0. The quantitative estimate of drug-likeness (QED) is 0.578. The van der Waals surface area contributed by atoms with Gasteiger partial charge in [-0.3, -0.25) is 0 Å². The summed E-state index contributed by atoms with van der Waals surface area (Å²) < 4.78 is 0. The SMILES string of the molecule is C=CCN(Oc1ccccc1)c1ccccn1. The number of benzene rings is 1. The summed E-state index contributed by atoms with van der Waals surface area (Å²) in [5, 5.41) is 1.70. The highest BCUT2D eigenvalue weighted by Crippen LogP contribution is 2.15. The van der Waals surface area contributed by atoms with Crippen LogP contribution in [0.4, 0.5) is 5.82 Å². The molecule has 1 heterocycles. The van der Waals surface area contributed by atoms with Gasteiger partial charge in [0, 0.05) is 6.20 Å². The molecular formula is C14H14N2O. The van der Waals surface area contributed by atoms with Crippen LogP contribution in [0.3, 0.4) is 0 Å². The van der Waals surface area contributed by atoms with Gasteiger partial charge in [-0.15, -0.1) is 6.58 Å². The zero-order valence-electron chi connectivity index (χ0n) is 9.49. The van der Waals surface area contributed by atoms with Gasteiger partial charge in [-0.05, 0) is 24.3 Å². The molecule has 0 bridgehead atoms. The third-order valence-electron chi connectivity index (χ3n) is 2.16. The molecule has 0 radical (unpaired) electrons. The molecule has 2 aromatic rings. The summed E-state index contributed by atoms with van der Waals surface area (Å²) in [6, 6.07) is 15.3. The van der Waals surface area contributed by atoms with Gasteiger partial charge in [-0.2, -0.15) is 5.06 Å². The van der Waals surface area contributed by atoms with Gasteiger partial charge in [-0.1, -0.05) is 30.3 Å². The zero-order chi connectivity index (χ0) is 11.9. The Kier molecular flexibility index (Phi) is 3.76. The molecule has 0 atom stereocenters. The van der Waals surface area contributed by atoms with Gasteiger partial charge in [0.15, 0.2) is 11.6 Å². The molecule has 0 fully saturated rings. The van der Waals surface area contributed by atoms with Crippen LogP contribution in [0, 0.1) is 0 Å². The number of pyridine rings is 1. The van der Waals surface area contributed by atoms with Gasteiger partial charge >= 0.3 is 0 Å². The third kappa shape index (κ3) is 3.08. The summed E-state index contributed by atoms with van der Waals surface area (Å²) in [4.78, 5) is 9.99. The molecule has 3 heteroatoms. The van der Waals surface area contributed by atoms with Crippen LogP contribution in [0.1, 0.15) is 0 Å². The Morgan fingerprint density at radius 2 is 1.88 bits per heavy atom. The van der Waals surface area contributed by atoms with Crippen molar-refractivity contribution >= 4 is 5.82 Å². The molecule has 1 aromatic heterocycles. The van der Waals surface area contributed by atoms with Crippen LogP contribution in [0.5, 0.6) is 5.75 Å². The first-order valence-corrected chi connectivity index (χ1v) is 5.42. The van der Waals surface area contributed by atoms with Crippen LogP contribution >= 0.6 is 0 Å². The highest BCUT2D eigenvalue weighted by atomic mass is 16.7. The van der Waals surface area contributed by atoms with Crippen molar-refractivity contribution in [1.82, 2.24) is 4.98 Å². The standard InChI is InChI=1S/C14H14N2O/c1-2-12-16(14-10-6-7-11-15-14)17-13-8-4-3-5-9-13/h2-11H,1,12H2. The van der Waals surface area contributed by atoms with Crippen LogP contribution in [-0.4, -0.2) is 11.5 Å². The molecule has 0 N–H and O–H groups in total. The van der Waals surface area contributed by atoms with Crippen LogP contribution in [-0.2, 0) is 0 Å². The van der Waals surface area contributed by atoms with Gasteiger partial charge in [0.1, 0.15) is 0 Å². The summed E-state index contributed by atoms with van der Waals surface area (Å²) in [6.45, 7) is 4.29. The largest absolute Gasteiger partial charge is 0.378 e. The molecule has 3 nitrogen and oxygen atoms in total. The van der Waals surface area contributed by atoms with Crippen molar-refractivity contribution in [3.8, 4) is 5.75 Å². The topological polar surface area (TPSA) is 25.4 Å². The van der Waals surface area contributed by atoms with Crippen molar-refractivity contribution in [1.29, 1.82) is 0 Å². The molecule has 0 unspecified atom stereocenters. The normalized spacial score (nSPS) is 9.65. The third-order valence-corrected chi connectivity index (χ3v) is 2.16. The lowest BCUT2D eigenvalue weighted by molar-refractivity contribution is 0.287. The maximum absolute atomic E-state index is 5.74. The van der Waals surface area contributed by atoms with Crippen molar-refractivity contribution in [3.05, 3.63) is 67.4 Å². The summed E-state index contributed by atoms with van der Waals surface area (Å²) >= 11 is 0. The van der Waals surface area contributed by atoms with E-state index in [-0.39, 0.29) is 0 Å². The molecule has 0 aliphatic heterocycles. The zero-order valence-corrected chi connectivity index (χ0v) is 9.49. The Labute approximate surface area is 101 Å². The smallest absolute Gasteiger partial charge is 0.163 e. The Morgan fingerprint density at radius 1 is 1.12 bits per heavy atom. The fourth-order valence-electron chi connectivity index (χ4n) is 1.40. The van der Waals surface area contributed by atoms with Crippen molar-refractivity contribution in [2.24, 2.45) is 0 Å². The minimum absolute atomic E-state index is 0.575. The maximum Gasteiger partial charge on any atom is 0.163 e. The Bertz CT molecular complexity index is 456. The predicted molar refractivity (Wildman–Crippen MR) is 68.9 cm³/mol. The number of nitrogens with zero attached hydrogens (tertiary/aromatic N) is 2. The van der Waals surface area contributed by atoms with Gasteiger partial charge in [0.25, 0.3) is 0 Å². The van der Waals surface area contributed by atoms with E-state index in [2.05, 4.69) is 11.6 Å². The molecule has 0 saturated carbocycles. The first kappa shape index (κ1) is 11.2. The van der Waals surface area contributed by atoms with E-state index in [0.29, 0.717) is 6.54 Å². The van der Waals surface area contributed by atoms with Crippen LogP contribution in [0.15, 0.2) is 67.4 Å². The Hall–Kier alpha value is -2.29. The maximum atomic E-state index is 5.74. The van der Waals surface area contributed by atoms with Crippen molar-refractivity contribution in [2.75, 3.05) is 11.6 Å². The van der Waals surface area contributed by atoms with Crippen molar-refractivity contribution < 1.29 is 4.84 Å². The number of hydroxylamine groups is 1. The van der Waals surface area contributed by atoms with Crippen LogP contribution in [0.2, 0.25) is 0 Å². The Balaban J connectivity index is 2.16. The molecule has 2 rings (SSSR count). The minimum atomic E-state index is 0.575. The lowest BCUT2D eigenvalue weighted by Gasteiger charge is -2.21. The van der Waals surface area contributed by atoms with E-state index in [0.717, 1.165) is 11.6 Å². The number of aromatic nitrogens is 1. The second-order valence-corrected chi connectivity index (χ2v) is 3.44. The lowest BCUT2D eigenvalue weighted by atomic mass is 10.3.